The van der Waals surface area contributed by atoms with Gasteiger partial charge < -0.3 is 25.1 Å². The fourth-order valence-corrected chi connectivity index (χ4v) is 3.06. The number of H-pyrrole nitrogens is 1. The standard InChI is InChI=1S/C20H19N3O4/c24-19(21-8-7-13-11-22-16-4-2-1-3-15(13)16)10-20(25)23-14-5-6-17-18(9-14)27-12-26-17/h1-6,9,11,22H,7-8,10,12H2,(H,21,24)(H,23,25). The van der Waals surface area contributed by atoms with Crippen molar-refractivity contribution in [3.05, 3.63) is 54.2 Å². The maximum absolute atomic E-state index is 12.0. The summed E-state index contributed by atoms with van der Waals surface area (Å²) in [5.41, 5.74) is 2.77. The van der Waals surface area contributed by atoms with Gasteiger partial charge in [-0.05, 0) is 30.2 Å². The van der Waals surface area contributed by atoms with Crippen LogP contribution in [0, 0.1) is 0 Å². The lowest BCUT2D eigenvalue weighted by Gasteiger charge is -2.07. The van der Waals surface area contributed by atoms with E-state index in [0.717, 1.165) is 16.5 Å². The van der Waals surface area contributed by atoms with Crippen molar-refractivity contribution in [3.63, 3.8) is 0 Å². The summed E-state index contributed by atoms with van der Waals surface area (Å²) in [4.78, 5) is 27.2. The smallest absolute Gasteiger partial charge is 0.233 e. The fraction of sp³-hybridized carbons (Fsp3) is 0.200. The van der Waals surface area contributed by atoms with Crippen LogP contribution in [0.5, 0.6) is 11.5 Å². The average Bonchev–Trinajstić information content (AvgIpc) is 3.28. The van der Waals surface area contributed by atoms with Crippen molar-refractivity contribution in [3.8, 4) is 11.5 Å². The summed E-state index contributed by atoms with van der Waals surface area (Å²) in [5, 5.41) is 6.62. The molecule has 0 aliphatic carbocycles. The van der Waals surface area contributed by atoms with Crippen LogP contribution in [0.15, 0.2) is 48.7 Å². The Balaban J connectivity index is 1.25. The number of anilines is 1. The largest absolute Gasteiger partial charge is 0.454 e. The molecule has 138 valence electrons. The van der Waals surface area contributed by atoms with Crippen molar-refractivity contribution in [2.75, 3.05) is 18.7 Å². The number of aromatic nitrogens is 1. The molecule has 1 aliphatic rings. The Morgan fingerprint density at radius 3 is 2.81 bits per heavy atom. The molecule has 3 aromatic rings. The van der Waals surface area contributed by atoms with Gasteiger partial charge in [-0.1, -0.05) is 18.2 Å². The Kier molecular flexibility index (Phi) is 4.65. The maximum Gasteiger partial charge on any atom is 0.233 e. The molecular formula is C20H19N3O4. The Morgan fingerprint density at radius 1 is 1.04 bits per heavy atom. The first-order valence-electron chi connectivity index (χ1n) is 8.70. The molecule has 0 fully saturated rings. The van der Waals surface area contributed by atoms with Crippen molar-refractivity contribution in [1.29, 1.82) is 0 Å². The quantitative estimate of drug-likeness (QED) is 0.586. The molecule has 0 radical (unpaired) electrons. The Labute approximate surface area is 155 Å². The molecule has 27 heavy (non-hydrogen) atoms. The number of aromatic amines is 1. The van der Waals surface area contributed by atoms with Gasteiger partial charge in [0, 0.05) is 35.4 Å². The minimum Gasteiger partial charge on any atom is -0.454 e. The second-order valence-corrected chi connectivity index (χ2v) is 6.25. The van der Waals surface area contributed by atoms with Gasteiger partial charge in [0.1, 0.15) is 6.42 Å². The van der Waals surface area contributed by atoms with Crippen molar-refractivity contribution >= 4 is 28.4 Å². The van der Waals surface area contributed by atoms with Crippen LogP contribution >= 0.6 is 0 Å². The van der Waals surface area contributed by atoms with Gasteiger partial charge in [-0.15, -0.1) is 0 Å². The predicted octanol–water partition coefficient (Wildman–Crippen LogP) is 2.58. The predicted molar refractivity (Wildman–Crippen MR) is 101 cm³/mol. The number of carbonyl (C=O) groups excluding carboxylic acids is 2. The third-order valence-electron chi connectivity index (χ3n) is 4.37. The summed E-state index contributed by atoms with van der Waals surface area (Å²) in [6.07, 6.45) is 2.41. The highest BCUT2D eigenvalue weighted by Gasteiger charge is 2.15. The van der Waals surface area contributed by atoms with Gasteiger partial charge in [0.25, 0.3) is 0 Å². The lowest BCUT2D eigenvalue weighted by molar-refractivity contribution is -0.126. The van der Waals surface area contributed by atoms with E-state index in [1.54, 1.807) is 18.2 Å². The molecule has 7 nitrogen and oxygen atoms in total. The second kappa shape index (κ2) is 7.41. The third kappa shape index (κ3) is 3.87. The monoisotopic (exact) mass is 365 g/mol. The number of hydrogen-bond acceptors (Lipinski definition) is 4. The SMILES string of the molecule is O=C(CC(=O)Nc1ccc2c(c1)OCO2)NCCc1c[nH]c2ccccc12. The van der Waals surface area contributed by atoms with E-state index in [2.05, 4.69) is 15.6 Å². The molecule has 3 N–H and O–H groups in total. The van der Waals surface area contributed by atoms with E-state index in [0.29, 0.717) is 30.2 Å². The van der Waals surface area contributed by atoms with Crippen molar-refractivity contribution in [2.24, 2.45) is 0 Å². The van der Waals surface area contributed by atoms with Gasteiger partial charge >= 0.3 is 0 Å². The number of fused-ring (bicyclic) bond motifs is 2. The number of benzene rings is 2. The van der Waals surface area contributed by atoms with E-state index in [1.165, 1.54) is 0 Å². The molecule has 0 spiro atoms. The first-order chi connectivity index (χ1) is 13.2. The molecule has 2 aromatic carbocycles. The van der Waals surface area contributed by atoms with Crippen LogP contribution in [0.25, 0.3) is 10.9 Å². The van der Waals surface area contributed by atoms with Gasteiger partial charge in [0.15, 0.2) is 11.5 Å². The lowest BCUT2D eigenvalue weighted by atomic mass is 10.1. The highest BCUT2D eigenvalue weighted by atomic mass is 16.7. The van der Waals surface area contributed by atoms with Crippen molar-refractivity contribution in [1.82, 2.24) is 10.3 Å². The molecule has 7 heteroatoms. The van der Waals surface area contributed by atoms with Gasteiger partial charge in [0.05, 0.1) is 0 Å². The zero-order valence-corrected chi connectivity index (χ0v) is 14.6. The molecule has 0 saturated carbocycles. The van der Waals surface area contributed by atoms with Gasteiger partial charge in [-0.2, -0.15) is 0 Å². The number of carbonyl (C=O) groups is 2. The van der Waals surface area contributed by atoms with E-state index in [-0.39, 0.29) is 25.0 Å². The molecular weight excluding hydrogens is 346 g/mol. The Hall–Kier alpha value is -3.48. The van der Waals surface area contributed by atoms with Gasteiger partial charge in [-0.25, -0.2) is 0 Å². The Bertz CT molecular complexity index is 996. The molecule has 1 aromatic heterocycles. The summed E-state index contributed by atoms with van der Waals surface area (Å²) in [6, 6.07) is 13.1. The van der Waals surface area contributed by atoms with Crippen LogP contribution in [-0.2, 0) is 16.0 Å². The summed E-state index contributed by atoms with van der Waals surface area (Å²) in [7, 11) is 0. The first-order valence-corrected chi connectivity index (χ1v) is 8.70. The third-order valence-corrected chi connectivity index (χ3v) is 4.37. The van der Waals surface area contributed by atoms with Crippen LogP contribution in [0.1, 0.15) is 12.0 Å². The molecule has 0 unspecified atom stereocenters. The second-order valence-electron chi connectivity index (χ2n) is 6.25. The van der Waals surface area contributed by atoms with Crippen LogP contribution in [0.2, 0.25) is 0 Å². The maximum atomic E-state index is 12.0. The number of nitrogens with one attached hydrogen (secondary N) is 3. The first kappa shape index (κ1) is 17.0. The number of rotatable bonds is 6. The normalized spacial score (nSPS) is 12.1. The van der Waals surface area contributed by atoms with Gasteiger partial charge in [-0.3, -0.25) is 9.59 Å². The van der Waals surface area contributed by atoms with Crippen LogP contribution in [-0.4, -0.2) is 30.1 Å². The fourth-order valence-electron chi connectivity index (χ4n) is 3.06. The van der Waals surface area contributed by atoms with Crippen molar-refractivity contribution < 1.29 is 19.1 Å². The van der Waals surface area contributed by atoms with Gasteiger partial charge in [0.2, 0.25) is 18.6 Å². The summed E-state index contributed by atoms with van der Waals surface area (Å²) < 4.78 is 10.5. The van der Waals surface area contributed by atoms with E-state index < -0.39 is 0 Å². The van der Waals surface area contributed by atoms with Crippen LogP contribution < -0.4 is 20.1 Å². The average molecular weight is 365 g/mol. The number of para-hydroxylation sites is 1. The molecule has 2 amide bonds. The molecule has 0 bridgehead atoms. The molecule has 0 saturated heterocycles. The summed E-state index contributed by atoms with van der Waals surface area (Å²) >= 11 is 0. The van der Waals surface area contributed by atoms with E-state index >= 15 is 0 Å². The molecule has 2 heterocycles. The summed E-state index contributed by atoms with van der Waals surface area (Å²) in [5.74, 6) is 0.533. The molecule has 0 atom stereocenters. The minimum absolute atomic E-state index is 0.172. The molecule has 4 rings (SSSR count). The van der Waals surface area contributed by atoms with Crippen molar-refractivity contribution in [2.45, 2.75) is 12.8 Å². The van der Waals surface area contributed by atoms with E-state index in [1.807, 2.05) is 30.5 Å². The summed E-state index contributed by atoms with van der Waals surface area (Å²) in [6.45, 7) is 0.642. The zero-order chi connectivity index (χ0) is 18.6. The topological polar surface area (TPSA) is 92.5 Å². The number of amides is 2. The highest BCUT2D eigenvalue weighted by Crippen LogP contribution is 2.34. The highest BCUT2D eigenvalue weighted by molar-refractivity contribution is 6.03. The zero-order valence-electron chi connectivity index (χ0n) is 14.6. The van der Waals surface area contributed by atoms with Crippen LogP contribution in [0.4, 0.5) is 5.69 Å². The van der Waals surface area contributed by atoms with Crippen LogP contribution in [0.3, 0.4) is 0 Å². The number of hydrogen-bond donors (Lipinski definition) is 3. The Morgan fingerprint density at radius 2 is 1.89 bits per heavy atom. The molecule has 1 aliphatic heterocycles. The van der Waals surface area contributed by atoms with E-state index in [4.69, 9.17) is 9.47 Å². The number of ether oxygens (including phenoxy) is 2. The lowest BCUT2D eigenvalue weighted by Crippen LogP contribution is -2.29. The minimum atomic E-state index is -0.376. The van der Waals surface area contributed by atoms with E-state index in [9.17, 15) is 9.59 Å².